The molecule has 2 heterocycles. The van der Waals surface area contributed by atoms with Gasteiger partial charge in [-0.25, -0.2) is 0 Å². The zero-order chi connectivity index (χ0) is 22.5. The first kappa shape index (κ1) is 20.0. The number of carbonyl (C=O) groups is 1. The van der Waals surface area contributed by atoms with E-state index in [-0.39, 0.29) is 41.3 Å². The molecule has 2 saturated carbocycles. The second kappa shape index (κ2) is 7.75. The van der Waals surface area contributed by atoms with Gasteiger partial charge in [-0.05, 0) is 54.4 Å². The van der Waals surface area contributed by atoms with Gasteiger partial charge in [-0.1, -0.05) is 60.7 Å². The zero-order valence-electron chi connectivity index (χ0n) is 18.4. The molecular formula is C29H25N3O. The third-order valence-corrected chi connectivity index (χ3v) is 7.75. The van der Waals surface area contributed by atoms with E-state index in [1.54, 1.807) is 0 Å². The summed E-state index contributed by atoms with van der Waals surface area (Å²) in [6.07, 6.45) is 8.30. The molecule has 3 fully saturated rings. The standard InChI is InChI=1S/C29H25N3O/c30-16-22(17-31)25(20-10-11-20)27-24-15-14-18-6-4-5-9-23(18)32(24)28(29(33)21-12-13-21)26(27)19-7-2-1-3-8-19/h1-9,14-15,20-21,24,26-28H,10-13H2/t24-,26+,27-,28-/m1/s1. The average Bonchev–Trinajstić information content (AvgIpc) is 3.78. The van der Waals surface area contributed by atoms with E-state index in [9.17, 15) is 15.3 Å². The van der Waals surface area contributed by atoms with Crippen molar-refractivity contribution in [1.82, 2.24) is 0 Å². The summed E-state index contributed by atoms with van der Waals surface area (Å²) in [6.45, 7) is 0. The normalized spacial score (nSPS) is 27.2. The second-order valence-corrected chi connectivity index (χ2v) is 9.73. The van der Waals surface area contributed by atoms with Gasteiger partial charge >= 0.3 is 0 Å². The lowest BCUT2D eigenvalue weighted by atomic mass is 9.73. The lowest BCUT2D eigenvalue weighted by molar-refractivity contribution is -0.121. The summed E-state index contributed by atoms with van der Waals surface area (Å²) in [5.74, 6) is 0.530. The minimum absolute atomic E-state index is 0.0508. The summed E-state index contributed by atoms with van der Waals surface area (Å²) < 4.78 is 0. The number of para-hydroxylation sites is 1. The summed E-state index contributed by atoms with van der Waals surface area (Å²) in [6, 6.07) is 22.6. The topological polar surface area (TPSA) is 67.9 Å². The molecule has 33 heavy (non-hydrogen) atoms. The van der Waals surface area contributed by atoms with E-state index >= 15 is 0 Å². The van der Waals surface area contributed by atoms with Crippen LogP contribution in [-0.2, 0) is 4.79 Å². The predicted octanol–water partition coefficient (Wildman–Crippen LogP) is 5.40. The fraction of sp³-hybridized carbons (Fsp3) is 0.345. The Labute approximate surface area is 194 Å². The molecule has 2 aliphatic carbocycles. The van der Waals surface area contributed by atoms with Gasteiger partial charge in [0.05, 0.1) is 12.1 Å². The van der Waals surface area contributed by atoms with Crippen LogP contribution < -0.4 is 4.90 Å². The number of nitriles is 2. The molecule has 4 heteroatoms. The van der Waals surface area contributed by atoms with E-state index in [1.165, 1.54) is 0 Å². The summed E-state index contributed by atoms with van der Waals surface area (Å²) in [5.41, 5.74) is 4.54. The molecule has 4 atom stereocenters. The lowest BCUT2D eigenvalue weighted by Crippen LogP contribution is -2.44. The van der Waals surface area contributed by atoms with Crippen LogP contribution >= 0.6 is 0 Å². The highest BCUT2D eigenvalue weighted by Crippen LogP contribution is 2.57. The van der Waals surface area contributed by atoms with Crippen molar-refractivity contribution in [3.05, 3.63) is 82.9 Å². The average molecular weight is 432 g/mol. The van der Waals surface area contributed by atoms with Crippen LogP contribution in [0.25, 0.3) is 6.08 Å². The molecule has 2 aromatic carbocycles. The van der Waals surface area contributed by atoms with Crippen LogP contribution in [0.3, 0.4) is 0 Å². The van der Waals surface area contributed by atoms with E-state index < -0.39 is 0 Å². The molecule has 0 bridgehead atoms. The lowest BCUT2D eigenvalue weighted by Gasteiger charge is -2.36. The molecule has 0 aromatic heterocycles. The Morgan fingerprint density at radius 1 is 0.879 bits per heavy atom. The van der Waals surface area contributed by atoms with Gasteiger partial charge in [-0.15, -0.1) is 0 Å². The molecule has 162 valence electrons. The number of ketones is 1. The Kier molecular flexibility index (Phi) is 4.70. The molecule has 6 rings (SSSR count). The number of hydrogen-bond donors (Lipinski definition) is 0. The zero-order valence-corrected chi connectivity index (χ0v) is 18.4. The third-order valence-electron chi connectivity index (χ3n) is 7.75. The number of allylic oxidation sites excluding steroid dienone is 1. The van der Waals surface area contributed by atoms with Gasteiger partial charge in [0.15, 0.2) is 5.78 Å². The summed E-state index contributed by atoms with van der Waals surface area (Å²) in [4.78, 5) is 16.2. The van der Waals surface area contributed by atoms with Gasteiger partial charge in [0.25, 0.3) is 0 Å². The SMILES string of the molecule is N#CC(C#N)=C(C1CC1)[C@@H]1[C@H](c2ccccc2)[C@H](C(=O)C2CC2)N2c3ccccc3C=C[C@H]12. The molecule has 0 radical (unpaired) electrons. The molecule has 2 aromatic rings. The van der Waals surface area contributed by atoms with Crippen molar-refractivity contribution in [2.45, 2.75) is 43.7 Å². The van der Waals surface area contributed by atoms with Crippen LogP contribution in [0.4, 0.5) is 5.69 Å². The number of hydrogen-bond acceptors (Lipinski definition) is 4. The Morgan fingerprint density at radius 3 is 2.21 bits per heavy atom. The minimum Gasteiger partial charge on any atom is -0.353 e. The molecule has 4 nitrogen and oxygen atoms in total. The van der Waals surface area contributed by atoms with Crippen LogP contribution in [0.1, 0.15) is 42.7 Å². The smallest absolute Gasteiger partial charge is 0.158 e. The minimum atomic E-state index is -0.298. The number of carbonyl (C=O) groups excluding carboxylic acids is 1. The van der Waals surface area contributed by atoms with E-state index in [2.05, 4.69) is 53.5 Å². The van der Waals surface area contributed by atoms with Crippen molar-refractivity contribution in [3.63, 3.8) is 0 Å². The maximum atomic E-state index is 13.9. The van der Waals surface area contributed by atoms with Crippen LogP contribution in [0.5, 0.6) is 0 Å². The third kappa shape index (κ3) is 3.21. The summed E-state index contributed by atoms with van der Waals surface area (Å²) in [5, 5.41) is 19.8. The summed E-state index contributed by atoms with van der Waals surface area (Å²) >= 11 is 0. The van der Waals surface area contributed by atoms with Crippen LogP contribution in [0, 0.1) is 40.4 Å². The highest BCUT2D eigenvalue weighted by molar-refractivity contribution is 5.95. The van der Waals surface area contributed by atoms with Crippen molar-refractivity contribution in [2.75, 3.05) is 4.90 Å². The van der Waals surface area contributed by atoms with E-state index in [0.29, 0.717) is 5.78 Å². The molecule has 0 spiro atoms. The first-order valence-electron chi connectivity index (χ1n) is 11.9. The highest BCUT2D eigenvalue weighted by Gasteiger charge is 2.57. The molecule has 2 aliphatic heterocycles. The first-order chi connectivity index (χ1) is 16.2. The second-order valence-electron chi connectivity index (χ2n) is 9.73. The monoisotopic (exact) mass is 431 g/mol. The van der Waals surface area contributed by atoms with E-state index in [4.69, 9.17) is 0 Å². The highest BCUT2D eigenvalue weighted by atomic mass is 16.1. The molecule has 0 unspecified atom stereocenters. The van der Waals surface area contributed by atoms with Gasteiger partial charge in [0.2, 0.25) is 0 Å². The fourth-order valence-corrected chi connectivity index (χ4v) is 6.09. The van der Waals surface area contributed by atoms with Crippen molar-refractivity contribution in [2.24, 2.45) is 17.8 Å². The Balaban J connectivity index is 1.61. The largest absolute Gasteiger partial charge is 0.353 e. The Morgan fingerprint density at radius 2 is 1.55 bits per heavy atom. The number of rotatable bonds is 5. The van der Waals surface area contributed by atoms with Crippen LogP contribution in [0.15, 0.2) is 71.8 Å². The van der Waals surface area contributed by atoms with E-state index in [0.717, 1.165) is 48.1 Å². The number of fused-ring (bicyclic) bond motifs is 3. The molecule has 0 N–H and O–H groups in total. The maximum Gasteiger partial charge on any atom is 0.158 e. The van der Waals surface area contributed by atoms with Gasteiger partial charge in [0.1, 0.15) is 17.7 Å². The van der Waals surface area contributed by atoms with E-state index in [1.807, 2.05) is 30.3 Å². The van der Waals surface area contributed by atoms with Crippen molar-refractivity contribution < 1.29 is 4.79 Å². The van der Waals surface area contributed by atoms with Crippen LogP contribution in [-0.4, -0.2) is 17.9 Å². The quantitative estimate of drug-likeness (QED) is 0.594. The van der Waals surface area contributed by atoms with Crippen molar-refractivity contribution in [1.29, 1.82) is 10.5 Å². The Bertz CT molecular complexity index is 1240. The molecule has 0 amide bonds. The molecular weight excluding hydrogens is 406 g/mol. The van der Waals surface area contributed by atoms with Gasteiger partial charge in [0, 0.05) is 23.4 Å². The van der Waals surface area contributed by atoms with Crippen molar-refractivity contribution in [3.8, 4) is 12.1 Å². The van der Waals surface area contributed by atoms with Crippen molar-refractivity contribution >= 4 is 17.5 Å². The maximum absolute atomic E-state index is 13.9. The summed E-state index contributed by atoms with van der Waals surface area (Å²) in [7, 11) is 0. The predicted molar refractivity (Wildman–Crippen MR) is 127 cm³/mol. The van der Waals surface area contributed by atoms with Crippen LogP contribution in [0.2, 0.25) is 0 Å². The molecule has 1 saturated heterocycles. The van der Waals surface area contributed by atoms with Gasteiger partial charge < -0.3 is 4.90 Å². The molecule has 4 aliphatic rings. The van der Waals surface area contributed by atoms with Gasteiger partial charge in [-0.2, -0.15) is 10.5 Å². The number of Topliss-reactive ketones (excluding diaryl/α,β-unsaturated/α-hetero) is 1. The van der Waals surface area contributed by atoms with Gasteiger partial charge in [-0.3, -0.25) is 4.79 Å². The number of benzene rings is 2. The first-order valence-corrected chi connectivity index (χ1v) is 11.9. The fourth-order valence-electron chi connectivity index (χ4n) is 6.09. The number of nitrogens with zero attached hydrogens (tertiary/aromatic N) is 3. The number of anilines is 1. The Hall–Kier alpha value is -3.63.